The number of carboxylic acid groups (broad SMARTS) is 1. The first kappa shape index (κ1) is 15.3. The average Bonchev–Trinajstić information content (AvgIpc) is 3.36. The monoisotopic (exact) mass is 295 g/mol. The number of carbonyl (C=O) groups is 1. The molecule has 3 fully saturated rings. The molecule has 0 aromatic heterocycles. The predicted octanol–water partition coefficient (Wildman–Crippen LogP) is 2.96. The van der Waals surface area contributed by atoms with Crippen molar-refractivity contribution < 1.29 is 14.6 Å². The number of ether oxygens (including phenoxy) is 1. The van der Waals surface area contributed by atoms with Crippen molar-refractivity contribution in [1.82, 2.24) is 5.32 Å². The molecule has 0 aromatic carbocycles. The van der Waals surface area contributed by atoms with E-state index in [-0.39, 0.29) is 12.0 Å². The quantitative estimate of drug-likeness (QED) is 0.723. The van der Waals surface area contributed by atoms with Crippen molar-refractivity contribution in [3.8, 4) is 0 Å². The molecule has 4 nitrogen and oxygen atoms in total. The minimum absolute atomic E-state index is 0.265. The Hall–Kier alpha value is -0.610. The molecule has 120 valence electrons. The van der Waals surface area contributed by atoms with Crippen LogP contribution in [0.25, 0.3) is 0 Å². The third kappa shape index (κ3) is 3.59. The lowest BCUT2D eigenvalue weighted by Crippen LogP contribution is -2.59. The predicted molar refractivity (Wildman–Crippen MR) is 81.2 cm³/mol. The second-order valence-corrected chi connectivity index (χ2v) is 7.34. The third-order valence-corrected chi connectivity index (χ3v) is 5.55. The van der Waals surface area contributed by atoms with E-state index >= 15 is 0 Å². The molecule has 0 heterocycles. The molecular formula is C17H29NO3. The van der Waals surface area contributed by atoms with Crippen LogP contribution in [0.1, 0.15) is 64.7 Å². The molecular weight excluding hydrogens is 266 g/mol. The van der Waals surface area contributed by atoms with Crippen LogP contribution in [0, 0.1) is 11.8 Å². The summed E-state index contributed by atoms with van der Waals surface area (Å²) in [6.07, 6.45) is 10.5. The summed E-state index contributed by atoms with van der Waals surface area (Å²) in [5, 5.41) is 13.2. The topological polar surface area (TPSA) is 58.6 Å². The molecule has 3 rings (SSSR count). The smallest absolute Gasteiger partial charge is 0.326 e. The zero-order valence-corrected chi connectivity index (χ0v) is 13.1. The molecule has 21 heavy (non-hydrogen) atoms. The van der Waals surface area contributed by atoms with Crippen molar-refractivity contribution in [2.45, 2.75) is 82.4 Å². The normalized spacial score (nSPS) is 32.6. The summed E-state index contributed by atoms with van der Waals surface area (Å²) in [6, 6.07) is 0.403. The zero-order valence-electron chi connectivity index (χ0n) is 13.1. The molecule has 0 saturated heterocycles. The van der Waals surface area contributed by atoms with E-state index < -0.39 is 11.5 Å². The molecule has 0 aromatic rings. The fraction of sp³-hybridized carbons (Fsp3) is 0.941. The number of hydrogen-bond acceptors (Lipinski definition) is 3. The van der Waals surface area contributed by atoms with Gasteiger partial charge in [-0.05, 0) is 50.4 Å². The fourth-order valence-corrected chi connectivity index (χ4v) is 3.76. The van der Waals surface area contributed by atoms with Crippen LogP contribution in [0.15, 0.2) is 0 Å². The van der Waals surface area contributed by atoms with E-state index in [1.807, 2.05) is 0 Å². The van der Waals surface area contributed by atoms with Crippen LogP contribution >= 0.6 is 0 Å². The van der Waals surface area contributed by atoms with E-state index in [0.29, 0.717) is 12.6 Å². The fourth-order valence-electron chi connectivity index (χ4n) is 3.76. The van der Waals surface area contributed by atoms with Crippen LogP contribution in [-0.4, -0.2) is 35.4 Å². The molecule has 4 heteroatoms. The van der Waals surface area contributed by atoms with E-state index in [1.54, 1.807) is 0 Å². The van der Waals surface area contributed by atoms with E-state index in [9.17, 15) is 9.90 Å². The molecule has 0 aliphatic heterocycles. The molecule has 2 N–H and O–H groups in total. The van der Waals surface area contributed by atoms with Gasteiger partial charge in [-0.3, -0.25) is 10.1 Å². The van der Waals surface area contributed by atoms with Gasteiger partial charge in [0.1, 0.15) is 5.54 Å². The maximum absolute atomic E-state index is 11.9. The van der Waals surface area contributed by atoms with E-state index in [2.05, 4.69) is 12.2 Å². The van der Waals surface area contributed by atoms with Crippen LogP contribution in [0.3, 0.4) is 0 Å². The van der Waals surface area contributed by atoms with Crippen molar-refractivity contribution in [2.75, 3.05) is 6.61 Å². The van der Waals surface area contributed by atoms with Gasteiger partial charge in [0.05, 0.1) is 12.7 Å². The summed E-state index contributed by atoms with van der Waals surface area (Å²) in [7, 11) is 0. The lowest BCUT2D eigenvalue weighted by molar-refractivity contribution is -0.151. The highest BCUT2D eigenvalue weighted by Gasteiger charge is 2.53. The van der Waals surface area contributed by atoms with Crippen molar-refractivity contribution >= 4 is 5.97 Å². The SMILES string of the molecule is CCC1CCCC(OCC(NC2CC2)(C(=O)O)C2CC2)C1. The molecule has 0 radical (unpaired) electrons. The molecule has 3 aliphatic rings. The van der Waals surface area contributed by atoms with Gasteiger partial charge in [-0.2, -0.15) is 0 Å². The molecule has 0 spiro atoms. The Morgan fingerprint density at radius 3 is 2.57 bits per heavy atom. The lowest BCUT2D eigenvalue weighted by Gasteiger charge is -2.35. The van der Waals surface area contributed by atoms with Gasteiger partial charge in [-0.1, -0.05) is 26.2 Å². The van der Waals surface area contributed by atoms with Crippen molar-refractivity contribution in [1.29, 1.82) is 0 Å². The van der Waals surface area contributed by atoms with Gasteiger partial charge in [0, 0.05) is 6.04 Å². The molecule has 0 amide bonds. The number of aliphatic carboxylic acids is 1. The Balaban J connectivity index is 1.59. The van der Waals surface area contributed by atoms with Gasteiger partial charge in [-0.15, -0.1) is 0 Å². The molecule has 3 unspecified atom stereocenters. The number of carboxylic acids is 1. The first-order valence-electron chi connectivity index (χ1n) is 8.76. The second-order valence-electron chi connectivity index (χ2n) is 7.34. The standard InChI is InChI=1S/C17H29NO3/c1-2-12-4-3-5-15(10-12)21-11-17(16(19)20,13-6-7-13)18-14-8-9-14/h12-15,18H,2-11H2,1H3,(H,19,20). The Morgan fingerprint density at radius 1 is 1.24 bits per heavy atom. The number of rotatable bonds is 8. The zero-order chi connectivity index (χ0) is 14.9. The van der Waals surface area contributed by atoms with Crippen molar-refractivity contribution in [3.05, 3.63) is 0 Å². The Labute approximate surface area is 127 Å². The molecule has 3 atom stereocenters. The summed E-state index contributed by atoms with van der Waals surface area (Å²) in [5.41, 5.74) is -0.819. The van der Waals surface area contributed by atoms with Gasteiger partial charge < -0.3 is 9.84 Å². The van der Waals surface area contributed by atoms with Crippen molar-refractivity contribution in [3.63, 3.8) is 0 Å². The first-order chi connectivity index (χ1) is 10.1. The summed E-state index contributed by atoms with van der Waals surface area (Å²) in [5.74, 6) is 0.321. The van der Waals surface area contributed by atoms with Gasteiger partial charge in [0.25, 0.3) is 0 Å². The maximum Gasteiger partial charge on any atom is 0.326 e. The largest absolute Gasteiger partial charge is 0.480 e. The summed E-state index contributed by atoms with van der Waals surface area (Å²) >= 11 is 0. The molecule has 3 saturated carbocycles. The Morgan fingerprint density at radius 2 is 2.00 bits per heavy atom. The molecule has 3 aliphatic carbocycles. The molecule has 0 bridgehead atoms. The average molecular weight is 295 g/mol. The first-order valence-corrected chi connectivity index (χ1v) is 8.76. The highest BCUT2D eigenvalue weighted by Crippen LogP contribution is 2.42. The van der Waals surface area contributed by atoms with E-state index in [1.165, 1.54) is 19.3 Å². The minimum Gasteiger partial charge on any atom is -0.480 e. The third-order valence-electron chi connectivity index (χ3n) is 5.55. The van der Waals surface area contributed by atoms with Crippen LogP contribution in [0.2, 0.25) is 0 Å². The number of hydrogen-bond donors (Lipinski definition) is 2. The van der Waals surface area contributed by atoms with E-state index in [0.717, 1.165) is 44.4 Å². The van der Waals surface area contributed by atoms with Crippen LogP contribution < -0.4 is 5.32 Å². The summed E-state index contributed by atoms with van der Waals surface area (Å²) in [6.45, 7) is 2.60. The van der Waals surface area contributed by atoms with Crippen LogP contribution in [0.4, 0.5) is 0 Å². The van der Waals surface area contributed by atoms with Gasteiger partial charge in [-0.25, -0.2) is 0 Å². The second kappa shape index (κ2) is 6.25. The van der Waals surface area contributed by atoms with E-state index in [4.69, 9.17) is 4.74 Å². The minimum atomic E-state index is -0.819. The number of nitrogens with one attached hydrogen (secondary N) is 1. The Kier molecular flexibility index (Phi) is 4.55. The van der Waals surface area contributed by atoms with Crippen molar-refractivity contribution in [2.24, 2.45) is 11.8 Å². The lowest BCUT2D eigenvalue weighted by atomic mass is 9.85. The van der Waals surface area contributed by atoms with Gasteiger partial charge >= 0.3 is 5.97 Å². The Bertz CT molecular complexity index is 378. The van der Waals surface area contributed by atoms with Gasteiger partial charge in [0.2, 0.25) is 0 Å². The maximum atomic E-state index is 11.9. The summed E-state index contributed by atoms with van der Waals surface area (Å²) in [4.78, 5) is 11.9. The van der Waals surface area contributed by atoms with Crippen LogP contribution in [-0.2, 0) is 9.53 Å². The van der Waals surface area contributed by atoms with Gasteiger partial charge in [0.15, 0.2) is 0 Å². The van der Waals surface area contributed by atoms with Crippen LogP contribution in [0.5, 0.6) is 0 Å². The highest BCUT2D eigenvalue weighted by molar-refractivity contribution is 5.80. The summed E-state index contributed by atoms with van der Waals surface area (Å²) < 4.78 is 6.13. The highest BCUT2D eigenvalue weighted by atomic mass is 16.5.